The van der Waals surface area contributed by atoms with Crippen molar-refractivity contribution in [2.24, 2.45) is 5.92 Å². The number of carbonyl (C=O) groups excluding carboxylic acids is 1. The number of aromatic nitrogens is 4. The predicted molar refractivity (Wildman–Crippen MR) is 105 cm³/mol. The van der Waals surface area contributed by atoms with Gasteiger partial charge in [0.15, 0.2) is 11.0 Å². The molecule has 29 heavy (non-hydrogen) atoms. The zero-order valence-corrected chi connectivity index (χ0v) is 16.3. The molecule has 7 nitrogen and oxygen atoms in total. The van der Waals surface area contributed by atoms with E-state index in [2.05, 4.69) is 20.2 Å². The first-order valence-electron chi connectivity index (χ1n) is 9.00. The van der Waals surface area contributed by atoms with E-state index in [0.29, 0.717) is 36.6 Å². The van der Waals surface area contributed by atoms with E-state index >= 15 is 0 Å². The molecule has 4 heterocycles. The van der Waals surface area contributed by atoms with Crippen LogP contribution >= 0.6 is 11.6 Å². The van der Waals surface area contributed by atoms with Crippen molar-refractivity contribution in [3.8, 4) is 17.0 Å². The molecule has 0 aliphatic carbocycles. The van der Waals surface area contributed by atoms with E-state index in [1.165, 1.54) is 19.4 Å². The van der Waals surface area contributed by atoms with Crippen LogP contribution in [-0.2, 0) is 11.2 Å². The third-order valence-corrected chi connectivity index (χ3v) is 5.14. The minimum atomic E-state index is -0.584. The normalized spacial score (nSPS) is 16.3. The number of hydrogen-bond acceptors (Lipinski definition) is 6. The molecule has 1 saturated heterocycles. The first-order chi connectivity index (χ1) is 14.1. The van der Waals surface area contributed by atoms with Crippen molar-refractivity contribution >= 4 is 23.3 Å². The lowest BCUT2D eigenvalue weighted by Crippen LogP contribution is -2.28. The molecule has 1 aliphatic heterocycles. The van der Waals surface area contributed by atoms with Crippen LogP contribution in [0.25, 0.3) is 11.1 Å². The molecular weight excluding hydrogens is 397 g/mol. The van der Waals surface area contributed by atoms with E-state index in [4.69, 9.17) is 16.3 Å². The number of rotatable bonds is 5. The van der Waals surface area contributed by atoms with E-state index in [0.717, 1.165) is 11.1 Å². The molecule has 0 bridgehead atoms. The molecule has 1 unspecified atom stereocenters. The van der Waals surface area contributed by atoms with Gasteiger partial charge in [-0.25, -0.2) is 9.37 Å². The summed E-state index contributed by atoms with van der Waals surface area (Å²) in [5, 5.41) is 7.47. The Bertz CT molecular complexity index is 1050. The Morgan fingerprint density at radius 3 is 2.86 bits per heavy atom. The van der Waals surface area contributed by atoms with Gasteiger partial charge in [0.1, 0.15) is 5.82 Å². The number of pyridine rings is 2. The Balaban J connectivity index is 1.54. The van der Waals surface area contributed by atoms with Gasteiger partial charge in [-0.3, -0.25) is 9.69 Å². The highest BCUT2D eigenvalue weighted by molar-refractivity contribution is 6.29. The lowest BCUT2D eigenvalue weighted by molar-refractivity contribution is -0.120. The molecule has 0 radical (unpaired) electrons. The molecule has 1 aliphatic rings. The minimum Gasteiger partial charge on any atom is -0.480 e. The Morgan fingerprint density at radius 1 is 1.28 bits per heavy atom. The van der Waals surface area contributed by atoms with E-state index in [-0.39, 0.29) is 17.0 Å². The lowest BCUT2D eigenvalue weighted by atomic mass is 9.99. The summed E-state index contributed by atoms with van der Waals surface area (Å²) in [6.45, 7) is 0.527. The van der Waals surface area contributed by atoms with E-state index in [1.54, 1.807) is 23.4 Å². The summed E-state index contributed by atoms with van der Waals surface area (Å²) in [6, 6.07) is 6.76. The second kappa shape index (κ2) is 8.08. The van der Waals surface area contributed by atoms with Crippen LogP contribution in [-0.4, -0.2) is 39.7 Å². The number of carbonyl (C=O) groups is 1. The quantitative estimate of drug-likeness (QED) is 0.597. The van der Waals surface area contributed by atoms with Gasteiger partial charge < -0.3 is 4.74 Å². The summed E-state index contributed by atoms with van der Waals surface area (Å²) >= 11 is 5.63. The minimum absolute atomic E-state index is 0.0618. The number of hydrogen-bond donors (Lipinski definition) is 0. The average molecular weight is 414 g/mol. The molecule has 0 N–H and O–H groups in total. The van der Waals surface area contributed by atoms with Gasteiger partial charge in [0.25, 0.3) is 0 Å². The maximum absolute atomic E-state index is 13.6. The van der Waals surface area contributed by atoms with Gasteiger partial charge in [-0.2, -0.15) is 15.2 Å². The summed E-state index contributed by atoms with van der Waals surface area (Å²) in [5.74, 6) is -0.00204. The van der Waals surface area contributed by atoms with E-state index in [9.17, 15) is 9.18 Å². The fraction of sp³-hybridized carbons (Fsp3) is 0.250. The topological polar surface area (TPSA) is 81.1 Å². The number of halogens is 2. The zero-order chi connectivity index (χ0) is 20.4. The number of anilines is 1. The van der Waals surface area contributed by atoms with Crippen molar-refractivity contribution in [2.75, 3.05) is 18.6 Å². The van der Waals surface area contributed by atoms with Crippen LogP contribution < -0.4 is 9.64 Å². The molecule has 3 aromatic rings. The number of methoxy groups -OCH3 is 1. The molecule has 148 valence electrons. The van der Waals surface area contributed by atoms with Gasteiger partial charge in [0.05, 0.1) is 19.5 Å². The van der Waals surface area contributed by atoms with Gasteiger partial charge in [-0.1, -0.05) is 11.6 Å². The zero-order valence-electron chi connectivity index (χ0n) is 15.5. The second-order valence-corrected chi connectivity index (χ2v) is 7.01. The van der Waals surface area contributed by atoms with Gasteiger partial charge in [-0.15, -0.1) is 0 Å². The standard InChI is InChI=1S/C20H17ClFN5O2/c1-29-19-15(14-4-6-24-25-11-14)2-3-17(26-19)27-7-5-13(20(27)28)8-12-9-16(22)18(21)23-10-12/h2-4,6,9-11,13H,5,7-8H2,1H3. The van der Waals surface area contributed by atoms with Crippen molar-refractivity contribution < 1.29 is 13.9 Å². The molecule has 1 fully saturated rings. The SMILES string of the molecule is COc1nc(N2CCC(Cc3cnc(Cl)c(F)c3)C2=O)ccc1-c1ccnnc1. The summed E-state index contributed by atoms with van der Waals surface area (Å²) in [5.41, 5.74) is 2.22. The van der Waals surface area contributed by atoms with Crippen LogP contribution in [0.5, 0.6) is 5.88 Å². The van der Waals surface area contributed by atoms with Crippen LogP contribution in [0.15, 0.2) is 42.9 Å². The smallest absolute Gasteiger partial charge is 0.231 e. The van der Waals surface area contributed by atoms with Gasteiger partial charge in [0, 0.05) is 29.8 Å². The first-order valence-corrected chi connectivity index (χ1v) is 9.38. The van der Waals surface area contributed by atoms with Gasteiger partial charge >= 0.3 is 0 Å². The largest absolute Gasteiger partial charge is 0.480 e. The number of amides is 1. The van der Waals surface area contributed by atoms with Crippen molar-refractivity contribution in [3.05, 3.63) is 59.4 Å². The maximum Gasteiger partial charge on any atom is 0.231 e. The van der Waals surface area contributed by atoms with Crippen molar-refractivity contribution in [2.45, 2.75) is 12.8 Å². The summed E-state index contributed by atoms with van der Waals surface area (Å²) in [7, 11) is 1.53. The Kier molecular flexibility index (Phi) is 5.35. The van der Waals surface area contributed by atoms with Gasteiger partial charge in [0.2, 0.25) is 11.8 Å². The molecule has 0 spiro atoms. The highest BCUT2D eigenvalue weighted by Gasteiger charge is 2.33. The van der Waals surface area contributed by atoms with Crippen LogP contribution in [0.1, 0.15) is 12.0 Å². The van der Waals surface area contributed by atoms with Crippen LogP contribution in [0.4, 0.5) is 10.2 Å². The third-order valence-electron chi connectivity index (χ3n) is 4.86. The third kappa shape index (κ3) is 3.88. The van der Waals surface area contributed by atoms with Crippen molar-refractivity contribution in [3.63, 3.8) is 0 Å². The van der Waals surface area contributed by atoms with Crippen LogP contribution in [0.2, 0.25) is 5.15 Å². The van der Waals surface area contributed by atoms with E-state index < -0.39 is 5.82 Å². The molecule has 9 heteroatoms. The molecular formula is C20H17ClFN5O2. The Labute approximate surface area is 171 Å². The summed E-state index contributed by atoms with van der Waals surface area (Å²) in [4.78, 5) is 22.9. The number of ether oxygens (including phenoxy) is 1. The second-order valence-electron chi connectivity index (χ2n) is 6.65. The van der Waals surface area contributed by atoms with Crippen LogP contribution in [0.3, 0.4) is 0 Å². The number of nitrogens with zero attached hydrogens (tertiary/aromatic N) is 5. The average Bonchev–Trinajstić information content (AvgIpc) is 3.11. The van der Waals surface area contributed by atoms with Crippen molar-refractivity contribution in [1.29, 1.82) is 0 Å². The molecule has 1 amide bonds. The van der Waals surface area contributed by atoms with Gasteiger partial charge in [-0.05, 0) is 42.7 Å². The summed E-state index contributed by atoms with van der Waals surface area (Å²) in [6.07, 6.45) is 5.75. The molecule has 0 saturated carbocycles. The molecule has 4 rings (SSSR count). The van der Waals surface area contributed by atoms with Crippen LogP contribution in [0, 0.1) is 11.7 Å². The maximum atomic E-state index is 13.6. The molecule has 0 aromatic carbocycles. The van der Waals surface area contributed by atoms with Crippen molar-refractivity contribution in [1.82, 2.24) is 20.2 Å². The predicted octanol–water partition coefficient (Wildman–Crippen LogP) is 3.33. The Morgan fingerprint density at radius 2 is 2.14 bits per heavy atom. The van der Waals surface area contributed by atoms with E-state index in [1.807, 2.05) is 12.1 Å². The monoisotopic (exact) mass is 413 g/mol. The molecule has 1 atom stereocenters. The first kappa shape index (κ1) is 19.2. The lowest BCUT2D eigenvalue weighted by Gasteiger charge is -2.18. The Hall–Kier alpha value is -3.13. The fourth-order valence-corrected chi connectivity index (χ4v) is 3.52. The molecule has 3 aromatic heterocycles. The summed E-state index contributed by atoms with van der Waals surface area (Å²) < 4.78 is 19.1. The fourth-order valence-electron chi connectivity index (χ4n) is 3.42. The highest BCUT2D eigenvalue weighted by atomic mass is 35.5. The highest BCUT2D eigenvalue weighted by Crippen LogP contribution is 2.33.